The van der Waals surface area contributed by atoms with Gasteiger partial charge in [0.25, 0.3) is 0 Å². The molecule has 0 fully saturated rings. The van der Waals surface area contributed by atoms with Crippen LogP contribution in [0, 0.1) is 0 Å². The number of unbranched alkanes of at least 4 members (excludes halogenated alkanes) is 19. The molecule has 0 rings (SSSR count). The Morgan fingerprint density at radius 2 is 0.950 bits per heavy atom. The first-order valence-electron chi connectivity index (χ1n) is 23.9. The van der Waals surface area contributed by atoms with Crippen molar-refractivity contribution in [1.82, 2.24) is 0 Å². The standard InChI is InChI=1S/C50H89O9P/c1-3-5-7-9-11-13-15-17-19-21-23-24-25-26-28-30-32-34-36-38-40-42-50(53)59-49(47-58-60(54,55)57-45-48(52)44-51)46-56-43-41-39-37-35-33-31-29-27-22-20-18-16-14-12-10-8-6-4-2/h5,7,11,13,17-20,23-24,26,28,48-49,51-52H,3-4,6,8-10,12,14-16,21-22,25,27,29-47H2,1-2H3,(H,54,55)/b7-5-,13-11-,19-17-,20-18-,24-23-,28-26-. The number of carbonyl (C=O) groups excluding carboxylic acids is 1. The van der Waals surface area contributed by atoms with Crippen LogP contribution in [-0.4, -0.2) is 66.3 Å². The number of aliphatic hydroxyl groups excluding tert-OH is 2. The van der Waals surface area contributed by atoms with Crippen LogP contribution in [0.4, 0.5) is 0 Å². The minimum atomic E-state index is -4.53. The van der Waals surface area contributed by atoms with Crippen molar-refractivity contribution in [2.75, 3.05) is 33.0 Å². The number of carbonyl (C=O) groups is 1. The van der Waals surface area contributed by atoms with Crippen molar-refractivity contribution >= 4 is 13.8 Å². The van der Waals surface area contributed by atoms with E-state index in [1.54, 1.807) is 0 Å². The summed E-state index contributed by atoms with van der Waals surface area (Å²) in [6, 6.07) is 0. The number of ether oxygens (including phenoxy) is 2. The van der Waals surface area contributed by atoms with Gasteiger partial charge in [-0.05, 0) is 83.5 Å². The normalized spacial score (nSPS) is 14.6. The third kappa shape index (κ3) is 45.4. The Labute approximate surface area is 367 Å². The Bertz CT molecular complexity index is 1160. The van der Waals surface area contributed by atoms with Crippen LogP contribution < -0.4 is 0 Å². The topological polar surface area (TPSA) is 132 Å². The van der Waals surface area contributed by atoms with Crippen LogP contribution in [0.3, 0.4) is 0 Å². The lowest BCUT2D eigenvalue weighted by atomic mass is 10.1. The summed E-state index contributed by atoms with van der Waals surface area (Å²) in [6.07, 6.45) is 55.7. The van der Waals surface area contributed by atoms with Gasteiger partial charge in [0, 0.05) is 13.0 Å². The minimum absolute atomic E-state index is 0.0359. The summed E-state index contributed by atoms with van der Waals surface area (Å²) in [5, 5.41) is 18.4. The molecule has 60 heavy (non-hydrogen) atoms. The van der Waals surface area contributed by atoms with Crippen LogP contribution in [0.1, 0.15) is 194 Å². The average molecular weight is 865 g/mol. The lowest BCUT2D eigenvalue weighted by Gasteiger charge is -2.20. The van der Waals surface area contributed by atoms with E-state index < -0.39 is 39.2 Å². The first kappa shape index (κ1) is 57.9. The molecule has 348 valence electrons. The van der Waals surface area contributed by atoms with Crippen molar-refractivity contribution in [2.45, 2.75) is 206 Å². The molecule has 0 aliphatic rings. The van der Waals surface area contributed by atoms with E-state index in [1.807, 2.05) is 0 Å². The van der Waals surface area contributed by atoms with Crippen molar-refractivity contribution in [3.63, 3.8) is 0 Å². The largest absolute Gasteiger partial charge is 0.472 e. The second-order valence-corrected chi connectivity index (χ2v) is 17.2. The minimum Gasteiger partial charge on any atom is -0.457 e. The summed E-state index contributed by atoms with van der Waals surface area (Å²) in [5.74, 6) is -0.403. The molecule has 9 nitrogen and oxygen atoms in total. The molecule has 3 unspecified atom stereocenters. The highest BCUT2D eigenvalue weighted by Crippen LogP contribution is 2.43. The fourth-order valence-corrected chi connectivity index (χ4v) is 7.05. The zero-order valence-corrected chi connectivity index (χ0v) is 39.1. The molecular weight excluding hydrogens is 776 g/mol. The number of hydrogen-bond donors (Lipinski definition) is 3. The molecule has 3 atom stereocenters. The Morgan fingerprint density at radius 3 is 1.45 bits per heavy atom. The van der Waals surface area contributed by atoms with Crippen molar-refractivity contribution in [1.29, 1.82) is 0 Å². The van der Waals surface area contributed by atoms with Gasteiger partial charge < -0.3 is 24.6 Å². The average Bonchev–Trinajstić information content (AvgIpc) is 3.24. The number of allylic oxidation sites excluding steroid dienone is 12. The number of hydrogen-bond acceptors (Lipinski definition) is 8. The van der Waals surface area contributed by atoms with E-state index in [9.17, 15) is 19.4 Å². The molecule has 0 aliphatic carbocycles. The van der Waals surface area contributed by atoms with E-state index in [1.165, 1.54) is 83.5 Å². The SMILES string of the molecule is CC/C=C\C/C=C\C/C=C\C/C=C\C/C=C\CCCCCCCC(=O)OC(COCCCCCCCCCC/C=C\CCCCCCCC)COP(=O)(O)OCC(O)CO. The zero-order chi connectivity index (χ0) is 43.9. The summed E-state index contributed by atoms with van der Waals surface area (Å²) in [5.41, 5.74) is 0. The van der Waals surface area contributed by atoms with Gasteiger partial charge in [0.15, 0.2) is 0 Å². The monoisotopic (exact) mass is 865 g/mol. The Balaban J connectivity index is 4.18. The van der Waals surface area contributed by atoms with E-state index in [0.29, 0.717) is 13.0 Å². The van der Waals surface area contributed by atoms with Crippen LogP contribution in [0.5, 0.6) is 0 Å². The van der Waals surface area contributed by atoms with Gasteiger partial charge in [0.05, 0.1) is 26.4 Å². The number of aliphatic hydroxyl groups is 2. The van der Waals surface area contributed by atoms with Crippen molar-refractivity contribution in [2.24, 2.45) is 0 Å². The molecule has 3 N–H and O–H groups in total. The molecule has 0 aliphatic heterocycles. The lowest BCUT2D eigenvalue weighted by Crippen LogP contribution is -2.29. The maximum absolute atomic E-state index is 12.7. The molecule has 0 aromatic heterocycles. The van der Waals surface area contributed by atoms with Crippen molar-refractivity contribution in [3.05, 3.63) is 72.9 Å². The molecule has 0 amide bonds. The first-order valence-corrected chi connectivity index (χ1v) is 25.4. The van der Waals surface area contributed by atoms with Gasteiger partial charge in [-0.3, -0.25) is 13.8 Å². The predicted molar refractivity (Wildman–Crippen MR) is 251 cm³/mol. The molecule has 0 saturated heterocycles. The molecule has 0 aromatic carbocycles. The summed E-state index contributed by atoms with van der Waals surface area (Å²) >= 11 is 0. The fraction of sp³-hybridized carbons (Fsp3) is 0.740. The van der Waals surface area contributed by atoms with Gasteiger partial charge in [-0.1, -0.05) is 177 Å². The highest BCUT2D eigenvalue weighted by atomic mass is 31.2. The molecule has 0 bridgehead atoms. The number of phosphoric ester groups is 1. The quantitative estimate of drug-likeness (QED) is 0.0237. The zero-order valence-electron chi connectivity index (χ0n) is 38.2. The van der Waals surface area contributed by atoms with Crippen LogP contribution in [0.25, 0.3) is 0 Å². The van der Waals surface area contributed by atoms with Gasteiger partial charge in [-0.15, -0.1) is 0 Å². The Kier molecular flexibility index (Phi) is 44.8. The van der Waals surface area contributed by atoms with Gasteiger partial charge >= 0.3 is 13.8 Å². The van der Waals surface area contributed by atoms with Gasteiger partial charge in [-0.2, -0.15) is 0 Å². The van der Waals surface area contributed by atoms with Gasteiger partial charge in [0.2, 0.25) is 0 Å². The van der Waals surface area contributed by atoms with E-state index in [4.69, 9.17) is 23.6 Å². The fourth-order valence-electron chi connectivity index (χ4n) is 6.26. The van der Waals surface area contributed by atoms with Crippen LogP contribution in [0.2, 0.25) is 0 Å². The lowest BCUT2D eigenvalue weighted by molar-refractivity contribution is -0.154. The van der Waals surface area contributed by atoms with Crippen LogP contribution >= 0.6 is 7.82 Å². The van der Waals surface area contributed by atoms with E-state index in [0.717, 1.165) is 83.5 Å². The third-order valence-electron chi connectivity index (χ3n) is 9.88. The molecule has 0 spiro atoms. The molecular formula is C50H89O9P. The summed E-state index contributed by atoms with van der Waals surface area (Å²) < 4.78 is 33.4. The van der Waals surface area contributed by atoms with Gasteiger partial charge in [0.1, 0.15) is 12.2 Å². The maximum atomic E-state index is 12.7. The molecule has 0 aromatic rings. The highest BCUT2D eigenvalue weighted by molar-refractivity contribution is 7.47. The first-order chi connectivity index (χ1) is 29.3. The predicted octanol–water partition coefficient (Wildman–Crippen LogP) is 13.7. The van der Waals surface area contributed by atoms with Gasteiger partial charge in [-0.25, -0.2) is 4.57 Å². The third-order valence-corrected chi connectivity index (χ3v) is 10.8. The Hall–Kier alpha value is -2.10. The molecule has 10 heteroatoms. The van der Waals surface area contributed by atoms with E-state index in [2.05, 4.69) is 86.8 Å². The smallest absolute Gasteiger partial charge is 0.457 e. The second-order valence-electron chi connectivity index (χ2n) is 15.7. The number of rotatable bonds is 45. The number of esters is 1. The number of phosphoric acid groups is 1. The van der Waals surface area contributed by atoms with Crippen LogP contribution in [-0.2, 0) is 27.9 Å². The molecule has 0 heterocycles. The highest BCUT2D eigenvalue weighted by Gasteiger charge is 2.26. The maximum Gasteiger partial charge on any atom is 0.472 e. The Morgan fingerprint density at radius 1 is 0.533 bits per heavy atom. The summed E-state index contributed by atoms with van der Waals surface area (Å²) in [4.78, 5) is 22.7. The molecule has 0 radical (unpaired) electrons. The van der Waals surface area contributed by atoms with E-state index in [-0.39, 0.29) is 19.6 Å². The van der Waals surface area contributed by atoms with Crippen LogP contribution in [0.15, 0.2) is 72.9 Å². The summed E-state index contributed by atoms with van der Waals surface area (Å²) in [7, 11) is -4.53. The van der Waals surface area contributed by atoms with Crippen molar-refractivity contribution < 1.29 is 43.0 Å². The van der Waals surface area contributed by atoms with Crippen molar-refractivity contribution in [3.8, 4) is 0 Å². The second kappa shape index (κ2) is 46.4. The molecule has 0 saturated carbocycles. The summed E-state index contributed by atoms with van der Waals surface area (Å²) in [6.45, 7) is 3.37. The van der Waals surface area contributed by atoms with E-state index >= 15 is 0 Å².